The van der Waals surface area contributed by atoms with Crippen LogP contribution in [0.1, 0.15) is 84.2 Å². The smallest absolute Gasteiger partial charge is 0.227 e. The van der Waals surface area contributed by atoms with Crippen LogP contribution in [0.25, 0.3) is 37.8 Å². The molecule has 66 heavy (non-hydrogen) atoms. The van der Waals surface area contributed by atoms with Gasteiger partial charge < -0.3 is 25.5 Å². The summed E-state index contributed by atoms with van der Waals surface area (Å²) in [5.41, 5.74) is 4.86. The Morgan fingerprint density at radius 1 is 0.924 bits per heavy atom. The van der Waals surface area contributed by atoms with Gasteiger partial charge in [0.15, 0.2) is 11.6 Å². The Labute approximate surface area is 397 Å². The summed E-state index contributed by atoms with van der Waals surface area (Å²) < 4.78 is 19.0. The molecule has 16 heteroatoms. The second-order valence-corrected chi connectivity index (χ2v) is 19.3. The Morgan fingerprint density at radius 2 is 1.67 bits per heavy atom. The van der Waals surface area contributed by atoms with Crippen LogP contribution in [0.15, 0.2) is 71.7 Å². The van der Waals surface area contributed by atoms with E-state index in [1.54, 1.807) is 29.5 Å². The highest BCUT2D eigenvalue weighted by molar-refractivity contribution is 7.15. The first kappa shape index (κ1) is 45.5. The molecule has 1 amide bonds. The molecular weight excluding hydrogens is 895 g/mol. The number of piperazine rings is 1. The zero-order chi connectivity index (χ0) is 46.1. The number of phenols is 1. The molecule has 2 aliphatic heterocycles. The van der Waals surface area contributed by atoms with Gasteiger partial charge in [-0.3, -0.25) is 14.4 Å². The zero-order valence-corrected chi connectivity index (χ0v) is 39.9. The number of hydrogen-bond acceptors (Lipinski definition) is 11. The Morgan fingerprint density at radius 3 is 2.45 bits per heavy atom. The fraction of sp³-hybridized carbons (Fsp3) is 0.360. The number of amides is 1. The van der Waals surface area contributed by atoms with E-state index in [0.29, 0.717) is 46.7 Å². The number of thiophene rings is 1. The van der Waals surface area contributed by atoms with E-state index in [4.69, 9.17) is 38.2 Å². The van der Waals surface area contributed by atoms with E-state index in [1.807, 2.05) is 67.4 Å². The summed E-state index contributed by atoms with van der Waals surface area (Å²) in [5.74, 6) is 1.95. The number of fused-ring (bicyclic) bond motifs is 5. The summed E-state index contributed by atoms with van der Waals surface area (Å²) >= 11 is 14.9. The van der Waals surface area contributed by atoms with E-state index in [-0.39, 0.29) is 34.2 Å². The molecule has 0 spiro atoms. The molecule has 3 N–H and O–H groups in total. The van der Waals surface area contributed by atoms with Gasteiger partial charge in [0.1, 0.15) is 34.0 Å². The SMILES string of the molecule is Cc1sc2c(c1C)C(c1ccc(Cl)cc1)=NC(CC(=O)NCCCCCCCCN(C)c1nc(N3CCNCC3)c3cc(Cl)c(-c4cc(O)cc5ccccc45)c(F)c3n1)c1nnc(C)n1-2. The first-order valence-electron chi connectivity index (χ1n) is 22.7. The number of hydrogen-bond donors (Lipinski definition) is 3. The monoisotopic (exact) mass is 946 g/mol. The number of aryl methyl sites for hydroxylation is 2. The quantitative estimate of drug-likeness (QED) is 0.0858. The van der Waals surface area contributed by atoms with Crippen LogP contribution >= 0.6 is 34.5 Å². The number of carbonyl (C=O) groups excluding carboxylic acids is 1. The van der Waals surface area contributed by atoms with Gasteiger partial charge in [-0.1, -0.05) is 85.3 Å². The number of phenolic OH excluding ortho intramolecular Hbond substituents is 1. The lowest BCUT2D eigenvalue weighted by molar-refractivity contribution is -0.121. The van der Waals surface area contributed by atoms with E-state index in [1.165, 1.54) is 4.88 Å². The number of halogens is 3. The normalized spacial score (nSPS) is 14.9. The minimum absolute atomic E-state index is 0.0300. The third-order valence-corrected chi connectivity index (χ3v) is 14.4. The summed E-state index contributed by atoms with van der Waals surface area (Å²) in [5, 5.41) is 30.1. The molecule has 12 nitrogen and oxygen atoms in total. The van der Waals surface area contributed by atoms with E-state index in [9.17, 15) is 9.90 Å². The minimum Gasteiger partial charge on any atom is -0.508 e. The van der Waals surface area contributed by atoms with Crippen LogP contribution in [-0.4, -0.2) is 87.8 Å². The molecule has 5 heterocycles. The van der Waals surface area contributed by atoms with Crippen LogP contribution in [0.5, 0.6) is 5.75 Å². The highest BCUT2D eigenvalue weighted by Gasteiger charge is 2.33. The maximum absolute atomic E-state index is 17.0. The molecule has 342 valence electrons. The van der Waals surface area contributed by atoms with E-state index in [0.717, 1.165) is 109 Å². The topological polar surface area (TPSA) is 137 Å². The van der Waals surface area contributed by atoms with Crippen LogP contribution in [-0.2, 0) is 4.79 Å². The minimum atomic E-state index is -0.541. The molecule has 0 bridgehead atoms. The molecule has 0 radical (unpaired) electrons. The standard InChI is InChI=1S/C50H53Cl2FN10O2S/c1-29-30(2)66-49-42(29)45(32-15-17-34(51)18-16-32)56-40(48-60-59-31(3)63(48)49)28-41(65)55-19-11-7-5-6-8-12-22-61(4)50-57-46-38(47(58-50)62-23-20-54-21-24-62)27-39(52)43(44(46)53)37-26-35(64)25-33-13-9-10-14-36(33)37/h9-10,13-18,25-27,40,54,64H,5-8,11-12,19-24,28H2,1-4H3,(H,55,65). The largest absolute Gasteiger partial charge is 0.508 e. The third-order valence-electron chi connectivity index (χ3n) is 12.7. The maximum Gasteiger partial charge on any atom is 0.227 e. The van der Waals surface area contributed by atoms with Gasteiger partial charge >= 0.3 is 0 Å². The fourth-order valence-electron chi connectivity index (χ4n) is 9.09. The number of aromatic nitrogens is 5. The lowest BCUT2D eigenvalue weighted by Gasteiger charge is -2.30. The number of benzene rings is 4. The first-order chi connectivity index (χ1) is 32.0. The van der Waals surface area contributed by atoms with Crippen LogP contribution in [0.3, 0.4) is 0 Å². The second-order valence-electron chi connectivity index (χ2n) is 17.2. The Kier molecular flexibility index (Phi) is 13.5. The molecule has 0 saturated carbocycles. The van der Waals surface area contributed by atoms with Crippen molar-refractivity contribution in [3.63, 3.8) is 0 Å². The average Bonchev–Trinajstić information content (AvgIpc) is 3.79. The van der Waals surface area contributed by atoms with Crippen molar-refractivity contribution in [2.45, 2.75) is 71.8 Å². The van der Waals surface area contributed by atoms with E-state index >= 15 is 4.39 Å². The van der Waals surface area contributed by atoms with Crippen molar-refractivity contribution in [2.24, 2.45) is 4.99 Å². The molecule has 1 saturated heterocycles. The number of nitrogens with one attached hydrogen (secondary N) is 2. The molecule has 1 fully saturated rings. The van der Waals surface area contributed by atoms with Crippen LogP contribution in [0.4, 0.5) is 16.2 Å². The zero-order valence-electron chi connectivity index (χ0n) is 37.6. The summed E-state index contributed by atoms with van der Waals surface area (Å²) in [7, 11) is 1.95. The van der Waals surface area contributed by atoms with E-state index in [2.05, 4.69) is 44.1 Å². The van der Waals surface area contributed by atoms with Gasteiger partial charge in [0.2, 0.25) is 11.9 Å². The highest BCUT2D eigenvalue weighted by Crippen LogP contribution is 2.43. The summed E-state index contributed by atoms with van der Waals surface area (Å²) in [6.45, 7) is 10.5. The summed E-state index contributed by atoms with van der Waals surface area (Å²) in [6, 6.07) is 19.7. The molecule has 9 rings (SSSR count). The van der Waals surface area contributed by atoms with Crippen LogP contribution < -0.4 is 20.4 Å². The Bertz CT molecular complexity index is 2970. The molecule has 1 unspecified atom stereocenters. The van der Waals surface area contributed by atoms with Crippen molar-refractivity contribution in [3.8, 4) is 21.9 Å². The van der Waals surface area contributed by atoms with Crippen molar-refractivity contribution in [3.05, 3.63) is 116 Å². The number of unbranched alkanes of at least 4 members (excludes halogenated alkanes) is 5. The van der Waals surface area contributed by atoms with Gasteiger partial charge in [0.25, 0.3) is 0 Å². The van der Waals surface area contributed by atoms with Crippen molar-refractivity contribution >= 4 is 79.6 Å². The number of carbonyl (C=O) groups is 1. The first-order valence-corrected chi connectivity index (χ1v) is 24.3. The van der Waals surface area contributed by atoms with E-state index < -0.39 is 11.9 Å². The van der Waals surface area contributed by atoms with Gasteiger partial charge in [-0.25, -0.2) is 9.37 Å². The number of anilines is 2. The highest BCUT2D eigenvalue weighted by atomic mass is 35.5. The van der Waals surface area contributed by atoms with Crippen molar-refractivity contribution in [2.75, 3.05) is 56.1 Å². The number of nitrogens with zero attached hydrogens (tertiary/aromatic N) is 8. The van der Waals surface area contributed by atoms with Crippen molar-refractivity contribution in [1.29, 1.82) is 0 Å². The summed E-state index contributed by atoms with van der Waals surface area (Å²) in [6.07, 6.45) is 6.03. The Balaban J connectivity index is 0.807. The predicted molar refractivity (Wildman–Crippen MR) is 266 cm³/mol. The van der Waals surface area contributed by atoms with Gasteiger partial charge in [-0.2, -0.15) is 4.98 Å². The maximum atomic E-state index is 17.0. The number of aliphatic imine (C=N–C) groups is 1. The average molecular weight is 948 g/mol. The predicted octanol–water partition coefficient (Wildman–Crippen LogP) is 10.5. The van der Waals surface area contributed by atoms with Crippen LogP contribution in [0.2, 0.25) is 10.0 Å². The number of aromatic hydroxyl groups is 1. The molecule has 7 aromatic rings. The second kappa shape index (κ2) is 19.7. The summed E-state index contributed by atoms with van der Waals surface area (Å²) in [4.78, 5) is 33.9. The Hall–Kier alpha value is -5.67. The molecule has 3 aromatic heterocycles. The molecule has 0 aliphatic carbocycles. The molecule has 1 atom stereocenters. The lowest BCUT2D eigenvalue weighted by Crippen LogP contribution is -2.44. The molecule has 4 aromatic carbocycles. The number of rotatable bonds is 15. The van der Waals surface area contributed by atoms with Crippen LogP contribution in [0, 0.1) is 26.6 Å². The van der Waals surface area contributed by atoms with Gasteiger partial charge in [0, 0.05) is 78.3 Å². The van der Waals surface area contributed by atoms with Crippen molar-refractivity contribution < 1.29 is 14.3 Å². The fourth-order valence-corrected chi connectivity index (χ4v) is 10.7. The van der Waals surface area contributed by atoms with Crippen molar-refractivity contribution in [1.82, 2.24) is 35.4 Å². The molecular formula is C50H53Cl2FN10O2S. The molecule has 2 aliphatic rings. The van der Waals surface area contributed by atoms with Gasteiger partial charge in [-0.05, 0) is 85.8 Å². The van der Waals surface area contributed by atoms with Gasteiger partial charge in [0.05, 0.1) is 17.2 Å². The lowest BCUT2D eigenvalue weighted by atomic mass is 9.96. The van der Waals surface area contributed by atoms with Gasteiger partial charge in [-0.15, -0.1) is 21.5 Å². The third kappa shape index (κ3) is 9.20.